The standard InChI is InChI=1S/C16H24ClN3O/c1-3-9-19-11-12-6-4-7-13(17)15(12)20-10-5-8-14(20)16(21)18-2/h4,6-7,14,19H,3,5,8-11H2,1-2H3,(H,18,21). The summed E-state index contributed by atoms with van der Waals surface area (Å²) in [6.45, 7) is 4.78. The van der Waals surface area contributed by atoms with Crippen molar-refractivity contribution in [2.75, 3.05) is 25.0 Å². The van der Waals surface area contributed by atoms with Gasteiger partial charge >= 0.3 is 0 Å². The summed E-state index contributed by atoms with van der Waals surface area (Å²) in [6.07, 6.45) is 3.00. The molecule has 0 saturated carbocycles. The minimum Gasteiger partial charge on any atom is -0.358 e. The van der Waals surface area contributed by atoms with Crippen LogP contribution >= 0.6 is 11.6 Å². The lowest BCUT2D eigenvalue weighted by Gasteiger charge is -2.28. The zero-order valence-corrected chi connectivity index (χ0v) is 13.5. The molecule has 2 rings (SSSR count). The molecule has 1 fully saturated rings. The van der Waals surface area contributed by atoms with Crippen LogP contribution in [0.25, 0.3) is 0 Å². The second kappa shape index (κ2) is 7.66. The van der Waals surface area contributed by atoms with Crippen LogP contribution in [0.15, 0.2) is 18.2 Å². The summed E-state index contributed by atoms with van der Waals surface area (Å²) in [6, 6.07) is 5.85. The first-order chi connectivity index (χ1) is 10.2. The second-order valence-corrected chi connectivity index (χ2v) is 5.80. The van der Waals surface area contributed by atoms with Crippen molar-refractivity contribution >= 4 is 23.2 Å². The minimum absolute atomic E-state index is 0.0693. The van der Waals surface area contributed by atoms with Crippen LogP contribution in [0.2, 0.25) is 5.02 Å². The van der Waals surface area contributed by atoms with Crippen molar-refractivity contribution in [3.63, 3.8) is 0 Å². The minimum atomic E-state index is -0.111. The fourth-order valence-corrected chi connectivity index (χ4v) is 3.20. The van der Waals surface area contributed by atoms with Gasteiger partial charge in [0.2, 0.25) is 5.91 Å². The van der Waals surface area contributed by atoms with E-state index in [9.17, 15) is 4.79 Å². The van der Waals surface area contributed by atoms with Gasteiger partial charge in [-0.15, -0.1) is 0 Å². The van der Waals surface area contributed by atoms with Gasteiger partial charge in [0, 0.05) is 20.1 Å². The van der Waals surface area contributed by atoms with Crippen molar-refractivity contribution in [2.24, 2.45) is 0 Å². The molecule has 1 aliphatic rings. The van der Waals surface area contributed by atoms with Crippen LogP contribution in [0, 0.1) is 0 Å². The number of rotatable bonds is 6. The molecule has 4 nitrogen and oxygen atoms in total. The van der Waals surface area contributed by atoms with Gasteiger partial charge in [0.1, 0.15) is 6.04 Å². The SMILES string of the molecule is CCCNCc1cccc(Cl)c1N1CCCC1C(=O)NC. The third-order valence-corrected chi connectivity index (χ3v) is 4.21. The molecule has 1 aromatic carbocycles. The van der Waals surface area contributed by atoms with E-state index in [2.05, 4.69) is 28.5 Å². The van der Waals surface area contributed by atoms with Crippen molar-refractivity contribution in [3.05, 3.63) is 28.8 Å². The van der Waals surface area contributed by atoms with Gasteiger partial charge < -0.3 is 15.5 Å². The summed E-state index contributed by atoms with van der Waals surface area (Å²) in [5, 5.41) is 6.90. The van der Waals surface area contributed by atoms with Gasteiger partial charge in [-0.2, -0.15) is 0 Å². The molecule has 0 aliphatic carbocycles. The summed E-state index contributed by atoms with van der Waals surface area (Å²) in [5.74, 6) is 0.0693. The maximum atomic E-state index is 12.1. The summed E-state index contributed by atoms with van der Waals surface area (Å²) in [7, 11) is 1.69. The quantitative estimate of drug-likeness (QED) is 0.794. The fourth-order valence-electron chi connectivity index (χ4n) is 2.90. The number of amides is 1. The molecule has 5 heteroatoms. The van der Waals surface area contributed by atoms with Crippen LogP contribution in [-0.4, -0.2) is 32.1 Å². The van der Waals surface area contributed by atoms with Crippen LogP contribution in [-0.2, 0) is 11.3 Å². The molecular weight excluding hydrogens is 286 g/mol. The van der Waals surface area contributed by atoms with Gasteiger partial charge in [0.15, 0.2) is 0 Å². The van der Waals surface area contributed by atoms with Gasteiger partial charge in [-0.05, 0) is 37.4 Å². The van der Waals surface area contributed by atoms with Gasteiger partial charge in [0.05, 0.1) is 10.7 Å². The van der Waals surface area contributed by atoms with E-state index in [1.165, 1.54) is 0 Å². The topological polar surface area (TPSA) is 44.4 Å². The summed E-state index contributed by atoms with van der Waals surface area (Å²) >= 11 is 6.43. The summed E-state index contributed by atoms with van der Waals surface area (Å²) in [4.78, 5) is 14.2. The molecule has 0 spiro atoms. The molecule has 1 aromatic rings. The lowest BCUT2D eigenvalue weighted by molar-refractivity contribution is -0.121. The number of likely N-dealkylation sites (N-methyl/N-ethyl adjacent to an activating group) is 1. The van der Waals surface area contributed by atoms with Crippen molar-refractivity contribution in [1.29, 1.82) is 0 Å². The highest BCUT2D eigenvalue weighted by atomic mass is 35.5. The first-order valence-corrected chi connectivity index (χ1v) is 8.03. The number of nitrogens with zero attached hydrogens (tertiary/aromatic N) is 1. The van der Waals surface area contributed by atoms with Crippen LogP contribution in [0.3, 0.4) is 0 Å². The van der Waals surface area contributed by atoms with E-state index in [1.54, 1.807) is 7.05 Å². The fraction of sp³-hybridized carbons (Fsp3) is 0.562. The monoisotopic (exact) mass is 309 g/mol. The zero-order chi connectivity index (χ0) is 15.2. The number of hydrogen-bond acceptors (Lipinski definition) is 3. The van der Waals surface area contributed by atoms with E-state index in [1.807, 2.05) is 12.1 Å². The third kappa shape index (κ3) is 3.69. The van der Waals surface area contributed by atoms with E-state index in [0.717, 1.165) is 55.2 Å². The van der Waals surface area contributed by atoms with E-state index in [4.69, 9.17) is 11.6 Å². The molecule has 1 heterocycles. The molecule has 0 bridgehead atoms. The Balaban J connectivity index is 2.26. The lowest BCUT2D eigenvalue weighted by Crippen LogP contribution is -2.42. The average Bonchev–Trinajstić information content (AvgIpc) is 2.96. The van der Waals surface area contributed by atoms with Crippen LogP contribution in [0.5, 0.6) is 0 Å². The molecule has 2 N–H and O–H groups in total. The third-order valence-electron chi connectivity index (χ3n) is 3.90. The van der Waals surface area contributed by atoms with Gasteiger partial charge in [-0.1, -0.05) is 30.7 Å². The molecule has 1 amide bonds. The average molecular weight is 310 g/mol. The van der Waals surface area contributed by atoms with Crippen LogP contribution in [0.4, 0.5) is 5.69 Å². The predicted octanol–water partition coefficient (Wildman–Crippen LogP) is 2.55. The molecule has 1 atom stereocenters. The Bertz CT molecular complexity index is 492. The number of carbonyl (C=O) groups is 1. The Kier molecular flexibility index (Phi) is 5.88. The number of hydrogen-bond donors (Lipinski definition) is 2. The van der Waals surface area contributed by atoms with E-state index >= 15 is 0 Å². The van der Waals surface area contributed by atoms with Gasteiger partial charge in [-0.3, -0.25) is 4.79 Å². The Labute approximate surface area is 131 Å². The molecule has 0 radical (unpaired) electrons. The largest absolute Gasteiger partial charge is 0.358 e. The highest BCUT2D eigenvalue weighted by Crippen LogP contribution is 2.35. The van der Waals surface area contributed by atoms with Crippen molar-refractivity contribution in [3.8, 4) is 0 Å². The maximum Gasteiger partial charge on any atom is 0.242 e. The molecule has 1 aliphatic heterocycles. The number of anilines is 1. The first kappa shape index (κ1) is 16.1. The normalized spacial score (nSPS) is 18.0. The van der Waals surface area contributed by atoms with Crippen LogP contribution < -0.4 is 15.5 Å². The lowest BCUT2D eigenvalue weighted by atomic mass is 10.1. The summed E-state index contributed by atoms with van der Waals surface area (Å²) in [5.41, 5.74) is 2.17. The van der Waals surface area contributed by atoms with E-state index in [-0.39, 0.29) is 11.9 Å². The van der Waals surface area contributed by atoms with Crippen LogP contribution in [0.1, 0.15) is 31.7 Å². The smallest absolute Gasteiger partial charge is 0.242 e. The molecule has 1 saturated heterocycles. The van der Waals surface area contributed by atoms with Crippen molar-refractivity contribution in [1.82, 2.24) is 10.6 Å². The molecular formula is C16H24ClN3O. The first-order valence-electron chi connectivity index (χ1n) is 7.65. The maximum absolute atomic E-state index is 12.1. The number of para-hydroxylation sites is 1. The number of benzene rings is 1. The Morgan fingerprint density at radius 1 is 1.48 bits per heavy atom. The zero-order valence-electron chi connectivity index (χ0n) is 12.8. The molecule has 116 valence electrons. The highest BCUT2D eigenvalue weighted by molar-refractivity contribution is 6.33. The summed E-state index contributed by atoms with van der Waals surface area (Å²) < 4.78 is 0. The Hall–Kier alpha value is -1.26. The molecule has 21 heavy (non-hydrogen) atoms. The van der Waals surface area contributed by atoms with Crippen molar-refractivity contribution < 1.29 is 4.79 Å². The van der Waals surface area contributed by atoms with Crippen molar-refractivity contribution in [2.45, 2.75) is 38.8 Å². The predicted molar refractivity (Wildman–Crippen MR) is 87.9 cm³/mol. The Morgan fingerprint density at radius 3 is 3.00 bits per heavy atom. The second-order valence-electron chi connectivity index (χ2n) is 5.39. The number of carbonyl (C=O) groups excluding carboxylic acids is 1. The highest BCUT2D eigenvalue weighted by Gasteiger charge is 2.32. The number of halogens is 1. The number of nitrogens with one attached hydrogen (secondary N) is 2. The van der Waals surface area contributed by atoms with Gasteiger partial charge in [0.25, 0.3) is 0 Å². The Morgan fingerprint density at radius 2 is 2.29 bits per heavy atom. The van der Waals surface area contributed by atoms with E-state index in [0.29, 0.717) is 0 Å². The van der Waals surface area contributed by atoms with Gasteiger partial charge in [-0.25, -0.2) is 0 Å². The van der Waals surface area contributed by atoms with E-state index < -0.39 is 0 Å². The molecule has 1 unspecified atom stereocenters. The molecule has 0 aromatic heterocycles.